The third-order valence-electron chi connectivity index (χ3n) is 12.4. The van der Waals surface area contributed by atoms with Crippen LogP contribution in [0, 0.1) is 5.92 Å². The summed E-state index contributed by atoms with van der Waals surface area (Å²) in [6, 6.07) is -2.97. The standard InChI is InChI=1S/C50H81N12O18P/c1-9-26(2)39(59-45(71)38(51)27(3)64)46(72)60-40(28(4)65)47(73)58-37(25-63)44(70)61-41(29(5)80-81(77,78)79-22-21-62(6,7)8)48(74)57-36(24-31-14-18-33(67)19-15-31)43(69)56-35(23-30-12-16-32(66)17-13-30)42(68)55-34(49(75)76)11-10-20-54-50(52)53/h12-19,26-29,34-41,63-65H,9-11,20-25,51H2,1-8H3,(H14-,52,53,54,55,56,57,58,59,60,61,66,67,68,69,70,71,72,73,74,75,76,77,78)/p+1/t26-,27+,28+,29+,34-,35-,36-,37-,38-,39-,40-,41-/m0/s1. The number of benzene rings is 2. The number of aliphatic carboxylic acids is 1. The Morgan fingerprint density at radius 3 is 1.52 bits per heavy atom. The third kappa shape index (κ3) is 25.1. The van der Waals surface area contributed by atoms with Crippen LogP contribution in [0.15, 0.2) is 53.5 Å². The Bertz CT molecular complexity index is 2500. The molecule has 454 valence electrons. The predicted molar refractivity (Wildman–Crippen MR) is 292 cm³/mol. The van der Waals surface area contributed by atoms with Gasteiger partial charge in [0.25, 0.3) is 0 Å². The maximum atomic E-state index is 14.7. The quantitative estimate of drug-likeness (QED) is 0.0102. The molecule has 81 heavy (non-hydrogen) atoms. The molecule has 1 unspecified atom stereocenters. The fourth-order valence-corrected chi connectivity index (χ4v) is 8.29. The number of nitrogens with two attached hydrogens (primary N) is 3. The lowest BCUT2D eigenvalue weighted by Gasteiger charge is -2.31. The topological polar surface area (TPSA) is 488 Å². The molecule has 0 aliphatic rings. The lowest BCUT2D eigenvalue weighted by Crippen LogP contribution is -2.64. The van der Waals surface area contributed by atoms with Crippen molar-refractivity contribution in [1.29, 1.82) is 0 Å². The summed E-state index contributed by atoms with van der Waals surface area (Å²) in [5.41, 5.74) is 17.2. The number of carboxylic acid groups (broad SMARTS) is 1. The Morgan fingerprint density at radius 2 is 1.07 bits per heavy atom. The molecule has 13 atom stereocenters. The number of aliphatic hydroxyl groups excluding tert-OH is 3. The predicted octanol–water partition coefficient (Wildman–Crippen LogP) is -4.23. The van der Waals surface area contributed by atoms with Crippen LogP contribution in [0.4, 0.5) is 0 Å². The summed E-state index contributed by atoms with van der Waals surface area (Å²) in [6.45, 7) is 5.35. The number of hydrogen-bond acceptors (Lipinski definition) is 18. The number of amides is 7. The van der Waals surface area contributed by atoms with Gasteiger partial charge < -0.3 is 94.4 Å². The molecule has 0 fully saturated rings. The van der Waals surface area contributed by atoms with E-state index in [4.69, 9.17) is 26.2 Å². The molecule has 20 N–H and O–H groups in total. The number of rotatable bonds is 35. The Morgan fingerprint density at radius 1 is 0.642 bits per heavy atom. The average Bonchev–Trinajstić information content (AvgIpc) is 3.39. The Kier molecular flexibility index (Phi) is 28.6. The number of phenols is 2. The highest BCUT2D eigenvalue weighted by molar-refractivity contribution is 7.47. The Hall–Kier alpha value is -7.02. The van der Waals surface area contributed by atoms with Crippen molar-refractivity contribution in [2.45, 2.75) is 133 Å². The summed E-state index contributed by atoms with van der Waals surface area (Å²) in [4.78, 5) is 125. The number of carboxylic acids is 1. The molecule has 2 rings (SSSR count). The van der Waals surface area contributed by atoms with Crippen LogP contribution in [0.5, 0.6) is 11.5 Å². The third-order valence-corrected chi connectivity index (χ3v) is 13.5. The van der Waals surface area contributed by atoms with Crippen molar-refractivity contribution in [3.8, 4) is 11.5 Å². The summed E-state index contributed by atoms with van der Waals surface area (Å²) in [5, 5.41) is 77.5. The van der Waals surface area contributed by atoms with E-state index in [1.54, 1.807) is 35.0 Å². The van der Waals surface area contributed by atoms with Gasteiger partial charge in [-0.1, -0.05) is 44.5 Å². The van der Waals surface area contributed by atoms with E-state index in [0.29, 0.717) is 17.5 Å². The molecule has 0 radical (unpaired) electrons. The van der Waals surface area contributed by atoms with Crippen LogP contribution in [0.3, 0.4) is 0 Å². The van der Waals surface area contributed by atoms with Crippen molar-refractivity contribution < 1.29 is 92.0 Å². The first-order chi connectivity index (χ1) is 37.7. The van der Waals surface area contributed by atoms with Crippen LogP contribution in [0.2, 0.25) is 0 Å². The second kappa shape index (κ2) is 33.0. The van der Waals surface area contributed by atoms with Crippen molar-refractivity contribution in [1.82, 2.24) is 37.2 Å². The van der Waals surface area contributed by atoms with Gasteiger partial charge in [0.2, 0.25) is 41.4 Å². The van der Waals surface area contributed by atoms with Crippen LogP contribution in [0.1, 0.15) is 65.0 Å². The van der Waals surface area contributed by atoms with Crippen molar-refractivity contribution >= 4 is 61.1 Å². The van der Waals surface area contributed by atoms with Gasteiger partial charge in [0.15, 0.2) is 5.96 Å². The number of aromatic hydroxyl groups is 2. The van der Waals surface area contributed by atoms with Crippen molar-refractivity contribution in [3.05, 3.63) is 59.7 Å². The number of nitrogens with zero attached hydrogens (tertiary/aromatic N) is 2. The Balaban J connectivity index is 2.66. The number of guanidine groups is 1. The van der Waals surface area contributed by atoms with E-state index in [0.717, 1.165) is 13.8 Å². The summed E-state index contributed by atoms with van der Waals surface area (Å²) >= 11 is 0. The van der Waals surface area contributed by atoms with Gasteiger partial charge in [-0.3, -0.25) is 47.6 Å². The number of phosphoric acid groups is 1. The number of carbonyl (C=O) groups excluding carboxylic acids is 7. The molecule has 0 aliphatic heterocycles. The van der Waals surface area contributed by atoms with Gasteiger partial charge in [-0.2, -0.15) is 0 Å². The molecule has 0 aliphatic carbocycles. The van der Waals surface area contributed by atoms with Crippen molar-refractivity contribution in [3.63, 3.8) is 0 Å². The summed E-state index contributed by atoms with van der Waals surface area (Å²) in [5.74, 6) is -10.6. The van der Waals surface area contributed by atoms with Gasteiger partial charge in [0.05, 0.1) is 46.1 Å². The van der Waals surface area contributed by atoms with Crippen LogP contribution >= 0.6 is 7.82 Å². The zero-order valence-corrected chi connectivity index (χ0v) is 47.5. The van der Waals surface area contributed by atoms with E-state index in [2.05, 4.69) is 42.2 Å². The van der Waals surface area contributed by atoms with Crippen LogP contribution in [-0.4, -0.2) is 207 Å². The monoisotopic (exact) mass is 1170 g/mol. The smallest absolute Gasteiger partial charge is 0.472 e. The number of aliphatic imine (C=N–C) groups is 1. The number of carbonyl (C=O) groups is 8. The minimum atomic E-state index is -5.11. The minimum Gasteiger partial charge on any atom is -0.508 e. The molecule has 2 aromatic carbocycles. The van der Waals surface area contributed by atoms with Gasteiger partial charge in [-0.25, -0.2) is 9.36 Å². The molecular formula is C50H82N12O18P+. The fraction of sp³-hybridized carbons (Fsp3) is 0.580. The van der Waals surface area contributed by atoms with Gasteiger partial charge in [-0.05, 0) is 74.9 Å². The minimum absolute atomic E-state index is 0.0169. The molecule has 7 amide bonds. The molecular weight excluding hydrogens is 1090 g/mol. The van der Waals surface area contributed by atoms with E-state index < -0.39 is 141 Å². The van der Waals surface area contributed by atoms with E-state index in [1.807, 2.05) is 0 Å². The molecule has 30 nitrogen and oxygen atoms in total. The van der Waals surface area contributed by atoms with E-state index >= 15 is 0 Å². The average molecular weight is 1170 g/mol. The number of aliphatic hydroxyl groups is 3. The summed E-state index contributed by atoms with van der Waals surface area (Å²) in [7, 11) is 0.177. The first-order valence-electron chi connectivity index (χ1n) is 25.8. The highest BCUT2D eigenvalue weighted by atomic mass is 31.2. The van der Waals surface area contributed by atoms with E-state index in [9.17, 15) is 78.5 Å². The highest BCUT2D eigenvalue weighted by Gasteiger charge is 2.40. The van der Waals surface area contributed by atoms with Gasteiger partial charge in [0.1, 0.15) is 73.0 Å². The van der Waals surface area contributed by atoms with E-state index in [-0.39, 0.29) is 60.9 Å². The number of phosphoric ester groups is 1. The molecule has 0 saturated carbocycles. The fourth-order valence-electron chi connectivity index (χ4n) is 7.38. The Labute approximate surface area is 469 Å². The number of nitrogens with one attached hydrogen (secondary N) is 7. The second-order valence-electron chi connectivity index (χ2n) is 20.4. The van der Waals surface area contributed by atoms with Crippen molar-refractivity contribution in [2.24, 2.45) is 28.1 Å². The first kappa shape index (κ1) is 70.1. The number of quaternary nitrogens is 1. The SMILES string of the molecule is CC[C@H](C)[C@H](NC(=O)[C@@H](N)[C@@H](C)O)C(=O)N[C@H](C(=O)N[C@@H](CO)C(=O)N[C@H](C(=O)N[C@@H](Cc1ccc(O)cc1)C(=O)N[C@@H](Cc1ccc(O)cc1)C(=O)N[C@@H](CCCN=C(N)N)C(=O)O)[C@@H](C)OP(=O)(O)OCC[N+](C)(C)C)[C@@H](C)O. The normalized spacial score (nSPS) is 16.7. The molecule has 0 saturated heterocycles. The maximum absolute atomic E-state index is 14.7. The highest BCUT2D eigenvalue weighted by Crippen LogP contribution is 2.45. The second-order valence-corrected chi connectivity index (χ2v) is 21.8. The summed E-state index contributed by atoms with van der Waals surface area (Å²) < 4.78 is 24.1. The molecule has 2 aromatic rings. The molecule has 0 spiro atoms. The zero-order chi connectivity index (χ0) is 61.5. The van der Waals surface area contributed by atoms with Gasteiger partial charge in [0, 0.05) is 19.4 Å². The van der Waals surface area contributed by atoms with Crippen LogP contribution in [0.25, 0.3) is 0 Å². The molecule has 0 bridgehead atoms. The molecule has 0 aromatic heterocycles. The lowest BCUT2D eigenvalue weighted by molar-refractivity contribution is -0.870. The van der Waals surface area contributed by atoms with Gasteiger partial charge in [-0.15, -0.1) is 0 Å². The number of likely N-dealkylation sites (N-methyl/N-ethyl adjacent to an activating group) is 1. The lowest BCUT2D eigenvalue weighted by atomic mass is 9.97. The van der Waals surface area contributed by atoms with Crippen LogP contribution in [-0.2, 0) is 64.8 Å². The van der Waals surface area contributed by atoms with Gasteiger partial charge >= 0.3 is 13.8 Å². The maximum Gasteiger partial charge on any atom is 0.472 e. The number of hydrogen-bond donors (Lipinski definition) is 17. The summed E-state index contributed by atoms with van der Waals surface area (Å²) in [6.07, 6.45) is -5.36. The first-order valence-corrected chi connectivity index (χ1v) is 27.3. The van der Waals surface area contributed by atoms with E-state index in [1.165, 1.54) is 55.5 Å². The number of phenolic OH excluding ortho intramolecular Hbond substituents is 2. The van der Waals surface area contributed by atoms with Crippen molar-refractivity contribution in [2.75, 3.05) is 47.4 Å². The largest absolute Gasteiger partial charge is 0.508 e. The molecule has 31 heteroatoms. The zero-order valence-electron chi connectivity index (χ0n) is 46.6. The molecule has 0 heterocycles. The van der Waals surface area contributed by atoms with Crippen LogP contribution < -0.4 is 54.4 Å².